The molecule has 0 fully saturated rings. The van der Waals surface area contributed by atoms with Crippen LogP contribution in [0.3, 0.4) is 0 Å². The molecular formula is C19H22N2O3. The summed E-state index contributed by atoms with van der Waals surface area (Å²) in [5, 5.41) is 2.80. The number of aryl methyl sites for hydroxylation is 1. The number of methoxy groups -OCH3 is 1. The Labute approximate surface area is 142 Å². The number of rotatable bonds is 6. The highest BCUT2D eigenvalue weighted by Gasteiger charge is 2.18. The van der Waals surface area contributed by atoms with Crippen molar-refractivity contribution in [3.05, 3.63) is 54.1 Å². The summed E-state index contributed by atoms with van der Waals surface area (Å²) in [6.07, 6.45) is 0.789. The van der Waals surface area contributed by atoms with Crippen molar-refractivity contribution in [2.24, 2.45) is 0 Å². The summed E-state index contributed by atoms with van der Waals surface area (Å²) in [4.78, 5) is 25.9. The number of benzene rings is 2. The predicted octanol–water partition coefficient (Wildman–Crippen LogP) is 3.25. The normalized spacial score (nSPS) is 10.1. The highest BCUT2D eigenvalue weighted by molar-refractivity contribution is 6.02. The number of hydrogen-bond acceptors (Lipinski definition) is 3. The van der Waals surface area contributed by atoms with E-state index in [-0.39, 0.29) is 18.4 Å². The number of ether oxygens (including phenoxy) is 1. The van der Waals surface area contributed by atoms with Crippen LogP contribution in [0.1, 0.15) is 19.4 Å². The first-order chi connectivity index (χ1) is 11.5. The Kier molecular flexibility index (Phi) is 5.95. The fourth-order valence-corrected chi connectivity index (χ4v) is 2.48. The van der Waals surface area contributed by atoms with Gasteiger partial charge in [-0.2, -0.15) is 0 Å². The third-order valence-corrected chi connectivity index (χ3v) is 3.70. The van der Waals surface area contributed by atoms with Crippen molar-refractivity contribution in [1.29, 1.82) is 0 Å². The Hall–Kier alpha value is -2.82. The first-order valence-corrected chi connectivity index (χ1v) is 7.85. The van der Waals surface area contributed by atoms with Crippen LogP contribution in [-0.4, -0.2) is 25.5 Å². The van der Waals surface area contributed by atoms with Gasteiger partial charge in [-0.15, -0.1) is 0 Å². The topological polar surface area (TPSA) is 58.6 Å². The number of anilines is 2. The van der Waals surface area contributed by atoms with Crippen molar-refractivity contribution < 1.29 is 14.3 Å². The van der Waals surface area contributed by atoms with Crippen molar-refractivity contribution in [2.45, 2.75) is 20.3 Å². The summed E-state index contributed by atoms with van der Waals surface area (Å²) in [6, 6.07) is 14.7. The number of nitrogens with zero attached hydrogens (tertiary/aromatic N) is 1. The van der Waals surface area contributed by atoms with E-state index in [0.717, 1.165) is 17.7 Å². The molecule has 0 radical (unpaired) electrons. The molecule has 0 heterocycles. The number of carbonyl (C=O) groups is 2. The molecule has 0 aliphatic rings. The van der Waals surface area contributed by atoms with Gasteiger partial charge in [0.1, 0.15) is 12.3 Å². The lowest BCUT2D eigenvalue weighted by atomic mass is 10.1. The Morgan fingerprint density at radius 3 is 2.54 bits per heavy atom. The molecule has 0 atom stereocenters. The largest absolute Gasteiger partial charge is 0.497 e. The van der Waals surface area contributed by atoms with Crippen LogP contribution >= 0.6 is 0 Å². The van der Waals surface area contributed by atoms with Crippen LogP contribution in [0.15, 0.2) is 48.5 Å². The highest BCUT2D eigenvalue weighted by Crippen LogP contribution is 2.22. The van der Waals surface area contributed by atoms with Crippen LogP contribution < -0.4 is 15.0 Å². The summed E-state index contributed by atoms with van der Waals surface area (Å²) in [6.45, 7) is 3.45. The molecule has 24 heavy (non-hydrogen) atoms. The second-order valence-electron chi connectivity index (χ2n) is 5.37. The molecule has 0 bridgehead atoms. The summed E-state index contributed by atoms with van der Waals surface area (Å²) in [7, 11) is 1.57. The van der Waals surface area contributed by atoms with Crippen LogP contribution in [0.5, 0.6) is 5.75 Å². The van der Waals surface area contributed by atoms with Gasteiger partial charge in [-0.25, -0.2) is 0 Å². The molecule has 0 aliphatic carbocycles. The minimum atomic E-state index is -0.260. The lowest BCUT2D eigenvalue weighted by molar-refractivity contribution is -0.120. The van der Waals surface area contributed by atoms with E-state index in [2.05, 4.69) is 5.32 Å². The number of para-hydroxylation sites is 1. The molecule has 2 rings (SSSR count). The molecule has 5 nitrogen and oxygen atoms in total. The van der Waals surface area contributed by atoms with E-state index >= 15 is 0 Å². The second kappa shape index (κ2) is 8.15. The van der Waals surface area contributed by atoms with Crippen molar-refractivity contribution >= 4 is 23.2 Å². The summed E-state index contributed by atoms with van der Waals surface area (Å²) in [5.41, 5.74) is 2.43. The zero-order valence-electron chi connectivity index (χ0n) is 14.2. The number of carbonyl (C=O) groups excluding carboxylic acids is 2. The first kappa shape index (κ1) is 17.5. The fourth-order valence-electron chi connectivity index (χ4n) is 2.48. The van der Waals surface area contributed by atoms with E-state index in [1.54, 1.807) is 31.4 Å². The maximum absolute atomic E-state index is 12.4. The van der Waals surface area contributed by atoms with E-state index in [0.29, 0.717) is 11.4 Å². The third-order valence-electron chi connectivity index (χ3n) is 3.70. The average molecular weight is 326 g/mol. The lowest BCUT2D eigenvalue weighted by Crippen LogP contribution is -2.37. The van der Waals surface area contributed by atoms with E-state index in [1.165, 1.54) is 11.8 Å². The SMILES string of the molecule is CCc1ccccc1N(CC(=O)Nc1cccc(OC)c1)C(C)=O. The first-order valence-electron chi connectivity index (χ1n) is 7.85. The molecule has 0 unspecified atom stereocenters. The molecule has 1 N–H and O–H groups in total. The van der Waals surface area contributed by atoms with E-state index < -0.39 is 0 Å². The summed E-state index contributed by atoms with van der Waals surface area (Å²) >= 11 is 0. The Balaban J connectivity index is 2.15. The highest BCUT2D eigenvalue weighted by atomic mass is 16.5. The fraction of sp³-hybridized carbons (Fsp3) is 0.263. The number of hydrogen-bond donors (Lipinski definition) is 1. The standard InChI is InChI=1S/C19H22N2O3/c1-4-15-8-5-6-11-18(15)21(14(2)22)13-19(23)20-16-9-7-10-17(12-16)24-3/h5-12H,4,13H2,1-3H3,(H,20,23). The van der Waals surface area contributed by atoms with Crippen LogP contribution in [0, 0.1) is 0 Å². The van der Waals surface area contributed by atoms with Gasteiger partial charge in [0, 0.05) is 24.4 Å². The maximum Gasteiger partial charge on any atom is 0.244 e. The minimum absolute atomic E-state index is 0.0381. The molecule has 0 aliphatic heterocycles. The van der Waals surface area contributed by atoms with Crippen LogP contribution in [0.4, 0.5) is 11.4 Å². The molecule has 126 valence electrons. The Morgan fingerprint density at radius 2 is 1.88 bits per heavy atom. The van der Waals surface area contributed by atoms with Crippen molar-refractivity contribution in [2.75, 3.05) is 23.9 Å². The zero-order chi connectivity index (χ0) is 17.5. The molecule has 2 aromatic rings. The molecule has 0 saturated heterocycles. The van der Waals surface area contributed by atoms with Gasteiger partial charge in [0.25, 0.3) is 0 Å². The predicted molar refractivity (Wildman–Crippen MR) is 95.5 cm³/mol. The van der Waals surface area contributed by atoms with Crippen molar-refractivity contribution in [3.63, 3.8) is 0 Å². The monoisotopic (exact) mass is 326 g/mol. The molecule has 2 aromatic carbocycles. The Morgan fingerprint density at radius 1 is 1.12 bits per heavy atom. The molecule has 0 spiro atoms. The molecule has 0 aromatic heterocycles. The van der Waals surface area contributed by atoms with Crippen molar-refractivity contribution in [3.8, 4) is 5.75 Å². The van der Waals surface area contributed by atoms with Crippen molar-refractivity contribution in [1.82, 2.24) is 0 Å². The zero-order valence-corrected chi connectivity index (χ0v) is 14.2. The number of amides is 2. The quantitative estimate of drug-likeness (QED) is 0.886. The van der Waals surface area contributed by atoms with Gasteiger partial charge in [0.05, 0.1) is 7.11 Å². The number of nitrogens with one attached hydrogen (secondary N) is 1. The van der Waals surface area contributed by atoms with Gasteiger partial charge < -0.3 is 15.0 Å². The van der Waals surface area contributed by atoms with E-state index in [4.69, 9.17) is 4.74 Å². The van der Waals surface area contributed by atoms with Crippen LogP contribution in [-0.2, 0) is 16.0 Å². The van der Waals surface area contributed by atoms with Gasteiger partial charge in [-0.3, -0.25) is 9.59 Å². The van der Waals surface area contributed by atoms with Gasteiger partial charge in [0.15, 0.2) is 0 Å². The van der Waals surface area contributed by atoms with E-state index in [1.807, 2.05) is 31.2 Å². The van der Waals surface area contributed by atoms with Gasteiger partial charge in [-0.05, 0) is 30.2 Å². The molecule has 0 saturated carbocycles. The molecule has 5 heteroatoms. The summed E-state index contributed by atoms with van der Waals surface area (Å²) < 4.78 is 5.14. The lowest BCUT2D eigenvalue weighted by Gasteiger charge is -2.23. The van der Waals surface area contributed by atoms with Crippen LogP contribution in [0.25, 0.3) is 0 Å². The third kappa shape index (κ3) is 4.35. The Bertz CT molecular complexity index is 728. The van der Waals surface area contributed by atoms with E-state index in [9.17, 15) is 9.59 Å². The van der Waals surface area contributed by atoms with Gasteiger partial charge in [0.2, 0.25) is 11.8 Å². The van der Waals surface area contributed by atoms with Gasteiger partial charge in [-0.1, -0.05) is 31.2 Å². The molecular weight excluding hydrogens is 304 g/mol. The molecule has 2 amide bonds. The van der Waals surface area contributed by atoms with Gasteiger partial charge >= 0.3 is 0 Å². The smallest absolute Gasteiger partial charge is 0.244 e. The maximum atomic E-state index is 12.4. The average Bonchev–Trinajstić information content (AvgIpc) is 2.59. The minimum Gasteiger partial charge on any atom is -0.497 e. The summed E-state index contributed by atoms with van der Waals surface area (Å²) in [5.74, 6) is 0.230. The van der Waals surface area contributed by atoms with Crippen LogP contribution in [0.2, 0.25) is 0 Å². The second-order valence-corrected chi connectivity index (χ2v) is 5.37.